The fraction of sp³-hybridized carbons (Fsp3) is 0.111. The van der Waals surface area contributed by atoms with Crippen LogP contribution in [0.3, 0.4) is 0 Å². The number of para-hydroxylation sites is 1. The van der Waals surface area contributed by atoms with Gasteiger partial charge in [-0.3, -0.25) is 4.79 Å². The molecule has 0 unspecified atom stereocenters. The van der Waals surface area contributed by atoms with Gasteiger partial charge in [-0.15, -0.1) is 0 Å². The molecule has 0 saturated carbocycles. The normalized spacial score (nSPS) is 10.6. The van der Waals surface area contributed by atoms with Gasteiger partial charge in [0.05, 0.1) is 11.8 Å². The third-order valence-corrected chi connectivity index (χ3v) is 2.74. The second kappa shape index (κ2) is 4.90. The molecule has 0 atom stereocenters. The molecule has 0 heterocycles. The fourth-order valence-corrected chi connectivity index (χ4v) is 1.82. The number of nitriles is 1. The van der Waals surface area contributed by atoms with Crippen LogP contribution in [0.2, 0.25) is 0 Å². The molecule has 0 bridgehead atoms. The van der Waals surface area contributed by atoms with Gasteiger partial charge in [-0.25, -0.2) is 17.9 Å². The summed E-state index contributed by atoms with van der Waals surface area (Å²) in [5.74, 6) is -1.76. The highest BCUT2D eigenvalue weighted by Crippen LogP contribution is 2.23. The highest BCUT2D eigenvalue weighted by atomic mass is 32.2. The number of hydrogen-bond acceptors (Lipinski definition) is 4. The first-order chi connectivity index (χ1) is 7.86. The van der Waals surface area contributed by atoms with Crippen LogP contribution in [0, 0.1) is 17.1 Å². The van der Waals surface area contributed by atoms with Gasteiger partial charge < -0.3 is 5.32 Å². The van der Waals surface area contributed by atoms with Crippen LogP contribution >= 0.6 is 0 Å². The number of benzene rings is 1. The second-order valence-electron chi connectivity index (χ2n) is 3.04. The van der Waals surface area contributed by atoms with Gasteiger partial charge in [0.25, 0.3) is 0 Å². The number of nitrogens with two attached hydrogens (primary N) is 1. The SMILES string of the molecule is N#CCC(=O)Nc1c(F)cccc1S(N)(=O)=O. The molecule has 0 aromatic heterocycles. The predicted octanol–water partition coefficient (Wildman–Crippen LogP) is 0.325. The molecule has 0 fully saturated rings. The van der Waals surface area contributed by atoms with Gasteiger partial charge in [-0.2, -0.15) is 5.26 Å². The van der Waals surface area contributed by atoms with Crippen molar-refractivity contribution >= 4 is 21.6 Å². The summed E-state index contributed by atoms with van der Waals surface area (Å²) in [4.78, 5) is 10.6. The van der Waals surface area contributed by atoms with Crippen molar-refractivity contribution < 1.29 is 17.6 Å². The van der Waals surface area contributed by atoms with Crippen molar-refractivity contribution in [2.24, 2.45) is 5.14 Å². The van der Waals surface area contributed by atoms with E-state index in [4.69, 9.17) is 10.4 Å². The Balaban J connectivity index is 3.23. The number of nitrogens with zero attached hydrogens (tertiary/aromatic N) is 1. The summed E-state index contributed by atoms with van der Waals surface area (Å²) in [6.45, 7) is 0. The lowest BCUT2D eigenvalue weighted by molar-refractivity contribution is -0.115. The monoisotopic (exact) mass is 257 g/mol. The average molecular weight is 257 g/mol. The smallest absolute Gasteiger partial charge is 0.240 e. The second-order valence-corrected chi connectivity index (χ2v) is 4.57. The molecule has 0 radical (unpaired) electrons. The number of halogens is 1. The van der Waals surface area contributed by atoms with Crippen LogP contribution in [-0.4, -0.2) is 14.3 Å². The topological polar surface area (TPSA) is 113 Å². The molecule has 0 aliphatic heterocycles. The van der Waals surface area contributed by atoms with E-state index >= 15 is 0 Å². The molecule has 1 aromatic rings. The summed E-state index contributed by atoms with van der Waals surface area (Å²) in [6, 6.07) is 4.72. The van der Waals surface area contributed by atoms with E-state index in [1.54, 1.807) is 6.07 Å². The van der Waals surface area contributed by atoms with E-state index in [1.807, 2.05) is 5.32 Å². The van der Waals surface area contributed by atoms with Gasteiger partial charge in [0, 0.05) is 0 Å². The molecule has 0 saturated heterocycles. The fourth-order valence-electron chi connectivity index (χ4n) is 1.12. The van der Waals surface area contributed by atoms with E-state index in [2.05, 4.69) is 0 Å². The molecule has 1 amide bonds. The Morgan fingerprint density at radius 2 is 2.18 bits per heavy atom. The van der Waals surface area contributed by atoms with Crippen molar-refractivity contribution in [2.75, 3.05) is 5.32 Å². The first-order valence-electron chi connectivity index (χ1n) is 4.34. The summed E-state index contributed by atoms with van der Waals surface area (Å²) in [5, 5.41) is 15.1. The van der Waals surface area contributed by atoms with Crippen molar-refractivity contribution in [3.8, 4) is 6.07 Å². The molecule has 1 rings (SSSR count). The highest BCUT2D eigenvalue weighted by molar-refractivity contribution is 7.89. The number of carbonyl (C=O) groups is 1. The Hall–Kier alpha value is -1.98. The third kappa shape index (κ3) is 3.24. The first kappa shape index (κ1) is 13.1. The Bertz CT molecular complexity index is 592. The lowest BCUT2D eigenvalue weighted by Crippen LogP contribution is -2.19. The van der Waals surface area contributed by atoms with Gasteiger partial charge >= 0.3 is 0 Å². The predicted molar refractivity (Wildman–Crippen MR) is 56.6 cm³/mol. The summed E-state index contributed by atoms with van der Waals surface area (Å²) >= 11 is 0. The maximum absolute atomic E-state index is 13.4. The number of rotatable bonds is 3. The third-order valence-electron chi connectivity index (χ3n) is 1.79. The lowest BCUT2D eigenvalue weighted by atomic mass is 10.3. The Morgan fingerprint density at radius 3 is 2.71 bits per heavy atom. The molecule has 3 N–H and O–H groups in total. The van der Waals surface area contributed by atoms with Crippen LogP contribution in [-0.2, 0) is 14.8 Å². The molecular formula is C9H8FN3O3S. The van der Waals surface area contributed by atoms with Crippen LogP contribution in [0.4, 0.5) is 10.1 Å². The van der Waals surface area contributed by atoms with E-state index in [0.717, 1.165) is 18.2 Å². The molecule has 6 nitrogen and oxygen atoms in total. The number of anilines is 1. The summed E-state index contributed by atoms with van der Waals surface area (Å²) in [7, 11) is -4.15. The first-order valence-corrected chi connectivity index (χ1v) is 5.89. The number of amides is 1. The van der Waals surface area contributed by atoms with Crippen LogP contribution in [0.5, 0.6) is 0 Å². The van der Waals surface area contributed by atoms with Gasteiger partial charge in [-0.05, 0) is 12.1 Å². The van der Waals surface area contributed by atoms with Crippen molar-refractivity contribution in [3.05, 3.63) is 24.0 Å². The standard InChI is InChI=1S/C9H8FN3O3S/c10-6-2-1-3-7(17(12,15)16)9(6)13-8(14)4-5-11/h1-3H,4H2,(H,13,14)(H2,12,15,16). The van der Waals surface area contributed by atoms with E-state index < -0.39 is 38.8 Å². The van der Waals surface area contributed by atoms with Crippen LogP contribution in [0.1, 0.15) is 6.42 Å². The number of sulfonamides is 1. The number of carbonyl (C=O) groups excluding carboxylic acids is 1. The molecule has 0 aliphatic carbocycles. The van der Waals surface area contributed by atoms with E-state index in [9.17, 15) is 17.6 Å². The Morgan fingerprint density at radius 1 is 1.53 bits per heavy atom. The van der Waals surface area contributed by atoms with E-state index in [1.165, 1.54) is 0 Å². The zero-order valence-electron chi connectivity index (χ0n) is 8.47. The van der Waals surface area contributed by atoms with Crippen molar-refractivity contribution in [3.63, 3.8) is 0 Å². The number of primary sulfonamides is 1. The van der Waals surface area contributed by atoms with E-state index in [-0.39, 0.29) is 0 Å². The Labute approximate surface area is 96.9 Å². The van der Waals surface area contributed by atoms with E-state index in [0.29, 0.717) is 0 Å². The zero-order chi connectivity index (χ0) is 13.1. The van der Waals surface area contributed by atoms with Crippen LogP contribution < -0.4 is 10.5 Å². The van der Waals surface area contributed by atoms with Gasteiger partial charge in [0.15, 0.2) is 0 Å². The molecule has 0 spiro atoms. The van der Waals surface area contributed by atoms with Crippen LogP contribution in [0.25, 0.3) is 0 Å². The summed E-state index contributed by atoms with van der Waals surface area (Å²) < 4.78 is 35.6. The van der Waals surface area contributed by atoms with Crippen LogP contribution in [0.15, 0.2) is 23.1 Å². The van der Waals surface area contributed by atoms with Crippen molar-refractivity contribution in [2.45, 2.75) is 11.3 Å². The number of nitrogens with one attached hydrogen (secondary N) is 1. The summed E-state index contributed by atoms with van der Waals surface area (Å²) in [6.07, 6.45) is -0.515. The Kier molecular flexibility index (Phi) is 3.77. The molecule has 0 aliphatic rings. The minimum Gasteiger partial charge on any atom is -0.322 e. The largest absolute Gasteiger partial charge is 0.322 e. The molecule has 1 aromatic carbocycles. The van der Waals surface area contributed by atoms with Gasteiger partial charge in [0.2, 0.25) is 15.9 Å². The minimum atomic E-state index is -4.15. The minimum absolute atomic E-state index is 0.515. The number of hydrogen-bond donors (Lipinski definition) is 2. The van der Waals surface area contributed by atoms with Crippen molar-refractivity contribution in [1.29, 1.82) is 5.26 Å². The molecule has 8 heteroatoms. The maximum Gasteiger partial charge on any atom is 0.240 e. The molecule has 17 heavy (non-hydrogen) atoms. The maximum atomic E-state index is 13.4. The molecular weight excluding hydrogens is 249 g/mol. The summed E-state index contributed by atoms with van der Waals surface area (Å²) in [5.41, 5.74) is -0.546. The molecule has 90 valence electrons. The quantitative estimate of drug-likeness (QED) is 0.811. The zero-order valence-corrected chi connectivity index (χ0v) is 9.29. The highest BCUT2D eigenvalue weighted by Gasteiger charge is 2.18. The van der Waals surface area contributed by atoms with Crippen molar-refractivity contribution in [1.82, 2.24) is 0 Å². The van der Waals surface area contributed by atoms with Gasteiger partial charge in [-0.1, -0.05) is 6.07 Å². The lowest BCUT2D eigenvalue weighted by Gasteiger charge is -2.09. The van der Waals surface area contributed by atoms with Gasteiger partial charge in [0.1, 0.15) is 17.1 Å². The average Bonchev–Trinajstić information content (AvgIpc) is 2.19.